The van der Waals surface area contributed by atoms with Gasteiger partial charge in [-0.15, -0.1) is 0 Å². The third kappa shape index (κ3) is 3.18. The number of benzene rings is 2. The number of halogens is 2. The average molecular weight is 402 g/mol. The largest absolute Gasteiger partial charge is 0.342 e. The summed E-state index contributed by atoms with van der Waals surface area (Å²) in [6, 6.07) is 13.0. The number of fused-ring (bicyclic) bond motifs is 1. The van der Waals surface area contributed by atoms with E-state index in [-0.39, 0.29) is 24.1 Å². The fourth-order valence-electron chi connectivity index (χ4n) is 3.34. The van der Waals surface area contributed by atoms with E-state index in [9.17, 15) is 9.18 Å². The van der Waals surface area contributed by atoms with Gasteiger partial charge in [0.25, 0.3) is 0 Å². The lowest BCUT2D eigenvalue weighted by Crippen LogP contribution is -2.30. The molecule has 0 aliphatic carbocycles. The number of nitrogens with zero attached hydrogens (tertiary/aromatic N) is 2. The lowest BCUT2D eigenvalue weighted by molar-refractivity contribution is -0.129. The van der Waals surface area contributed by atoms with Gasteiger partial charge in [-0.05, 0) is 46.1 Å². The zero-order valence-electron chi connectivity index (χ0n) is 13.5. The fourth-order valence-corrected chi connectivity index (χ4v) is 3.74. The zero-order chi connectivity index (χ0) is 17.4. The zero-order valence-corrected chi connectivity index (χ0v) is 15.1. The number of carbonyl (C=O) groups excluding carboxylic acids is 1. The third-order valence-corrected chi connectivity index (χ3v) is 5.32. The number of imidazole rings is 1. The molecule has 1 aliphatic rings. The fraction of sp³-hybridized carbons (Fsp3) is 0.263. The first kappa shape index (κ1) is 16.3. The second kappa shape index (κ2) is 6.59. The van der Waals surface area contributed by atoms with Gasteiger partial charge in [0, 0.05) is 19.0 Å². The van der Waals surface area contributed by atoms with Gasteiger partial charge in [-0.3, -0.25) is 4.79 Å². The molecule has 25 heavy (non-hydrogen) atoms. The van der Waals surface area contributed by atoms with E-state index in [1.54, 1.807) is 23.1 Å². The number of aromatic amines is 1. The van der Waals surface area contributed by atoms with Gasteiger partial charge in [0.2, 0.25) is 5.91 Å². The van der Waals surface area contributed by atoms with Crippen molar-refractivity contribution in [3.8, 4) is 0 Å². The van der Waals surface area contributed by atoms with E-state index >= 15 is 0 Å². The van der Waals surface area contributed by atoms with Crippen LogP contribution in [0.4, 0.5) is 4.39 Å². The molecule has 1 atom stereocenters. The lowest BCUT2D eigenvalue weighted by atomic mass is 10.1. The minimum Gasteiger partial charge on any atom is -0.342 e. The van der Waals surface area contributed by atoms with E-state index in [1.807, 2.05) is 24.3 Å². The Kier molecular flexibility index (Phi) is 4.29. The normalized spacial score (nSPS) is 17.4. The minimum absolute atomic E-state index is 0.0457. The Labute approximate surface area is 153 Å². The quantitative estimate of drug-likeness (QED) is 0.720. The Hall–Kier alpha value is -2.21. The molecular weight excluding hydrogens is 385 g/mol. The molecule has 0 radical (unpaired) electrons. The molecule has 1 N–H and O–H groups in total. The van der Waals surface area contributed by atoms with Crippen LogP contribution >= 0.6 is 15.9 Å². The summed E-state index contributed by atoms with van der Waals surface area (Å²) in [6.45, 7) is 1.30. The monoisotopic (exact) mass is 401 g/mol. The van der Waals surface area contributed by atoms with E-state index in [4.69, 9.17) is 0 Å². The molecule has 6 heteroatoms. The van der Waals surface area contributed by atoms with Crippen molar-refractivity contribution in [3.05, 3.63) is 64.1 Å². The van der Waals surface area contributed by atoms with Gasteiger partial charge < -0.3 is 9.88 Å². The van der Waals surface area contributed by atoms with Gasteiger partial charge in [0.15, 0.2) is 0 Å². The number of H-pyrrole nitrogens is 1. The highest BCUT2D eigenvalue weighted by Crippen LogP contribution is 2.28. The molecule has 0 saturated carbocycles. The molecule has 0 bridgehead atoms. The molecule has 1 saturated heterocycles. The highest BCUT2D eigenvalue weighted by atomic mass is 79.9. The SMILES string of the molecule is O=C(Cc1cccc(Br)c1F)N1CCC(c2nc3ccccc3[nH]2)C1. The number of hydrogen-bond donors (Lipinski definition) is 1. The topological polar surface area (TPSA) is 49.0 Å². The maximum atomic E-state index is 14.1. The Balaban J connectivity index is 1.46. The first-order chi connectivity index (χ1) is 12.1. The van der Waals surface area contributed by atoms with Crippen LogP contribution in [0.25, 0.3) is 11.0 Å². The number of nitrogens with one attached hydrogen (secondary N) is 1. The summed E-state index contributed by atoms with van der Waals surface area (Å²) in [4.78, 5) is 22.3. The second-order valence-electron chi connectivity index (χ2n) is 6.35. The van der Waals surface area contributed by atoms with Crippen LogP contribution in [-0.4, -0.2) is 33.9 Å². The summed E-state index contributed by atoms with van der Waals surface area (Å²) >= 11 is 3.16. The van der Waals surface area contributed by atoms with Crippen molar-refractivity contribution in [2.24, 2.45) is 0 Å². The molecule has 128 valence electrons. The average Bonchev–Trinajstić information content (AvgIpc) is 3.25. The Morgan fingerprint density at radius 3 is 2.96 bits per heavy atom. The van der Waals surface area contributed by atoms with Crippen molar-refractivity contribution in [1.29, 1.82) is 0 Å². The predicted molar refractivity (Wildman–Crippen MR) is 97.8 cm³/mol. The Morgan fingerprint density at radius 2 is 2.12 bits per heavy atom. The lowest BCUT2D eigenvalue weighted by Gasteiger charge is -2.16. The number of rotatable bonds is 3. The summed E-state index contributed by atoms with van der Waals surface area (Å²) in [6.07, 6.45) is 0.949. The molecule has 2 aromatic carbocycles. The molecule has 4 rings (SSSR count). The molecule has 1 amide bonds. The van der Waals surface area contributed by atoms with E-state index < -0.39 is 0 Å². The number of carbonyl (C=O) groups is 1. The summed E-state index contributed by atoms with van der Waals surface area (Å²) in [5, 5.41) is 0. The number of amides is 1. The minimum atomic E-state index is -0.358. The van der Waals surface area contributed by atoms with Crippen LogP contribution in [0, 0.1) is 5.82 Å². The molecule has 2 heterocycles. The number of hydrogen-bond acceptors (Lipinski definition) is 2. The maximum absolute atomic E-state index is 14.1. The summed E-state index contributed by atoms with van der Waals surface area (Å²) in [5.74, 6) is 0.716. The first-order valence-electron chi connectivity index (χ1n) is 8.27. The number of aromatic nitrogens is 2. The van der Waals surface area contributed by atoms with E-state index in [2.05, 4.69) is 25.9 Å². The maximum Gasteiger partial charge on any atom is 0.227 e. The van der Waals surface area contributed by atoms with Gasteiger partial charge in [-0.1, -0.05) is 24.3 Å². The van der Waals surface area contributed by atoms with Gasteiger partial charge >= 0.3 is 0 Å². The highest BCUT2D eigenvalue weighted by Gasteiger charge is 2.29. The van der Waals surface area contributed by atoms with Crippen LogP contribution in [0.2, 0.25) is 0 Å². The highest BCUT2D eigenvalue weighted by molar-refractivity contribution is 9.10. The van der Waals surface area contributed by atoms with Gasteiger partial charge in [0.05, 0.1) is 21.9 Å². The molecule has 1 aromatic heterocycles. The van der Waals surface area contributed by atoms with Crippen LogP contribution in [-0.2, 0) is 11.2 Å². The van der Waals surface area contributed by atoms with Crippen molar-refractivity contribution in [2.45, 2.75) is 18.8 Å². The van der Waals surface area contributed by atoms with Crippen LogP contribution in [0.3, 0.4) is 0 Å². The van der Waals surface area contributed by atoms with E-state index in [0.717, 1.165) is 23.3 Å². The first-order valence-corrected chi connectivity index (χ1v) is 9.06. The summed E-state index contributed by atoms with van der Waals surface area (Å²) in [5.41, 5.74) is 2.38. The van der Waals surface area contributed by atoms with Gasteiger partial charge in [-0.25, -0.2) is 9.37 Å². The van der Waals surface area contributed by atoms with Crippen LogP contribution in [0.15, 0.2) is 46.9 Å². The Bertz CT molecular complexity index is 906. The van der Waals surface area contributed by atoms with E-state index in [0.29, 0.717) is 23.1 Å². The second-order valence-corrected chi connectivity index (χ2v) is 7.21. The molecule has 4 nitrogen and oxygen atoms in total. The molecule has 0 spiro atoms. The number of likely N-dealkylation sites (tertiary alicyclic amines) is 1. The Morgan fingerprint density at radius 1 is 1.28 bits per heavy atom. The summed E-state index contributed by atoms with van der Waals surface area (Å²) < 4.78 is 14.5. The van der Waals surface area contributed by atoms with E-state index in [1.165, 1.54) is 0 Å². The van der Waals surface area contributed by atoms with Crippen molar-refractivity contribution in [3.63, 3.8) is 0 Å². The smallest absolute Gasteiger partial charge is 0.227 e. The van der Waals surface area contributed by atoms with Crippen molar-refractivity contribution < 1.29 is 9.18 Å². The standard InChI is InChI=1S/C19H17BrFN3O/c20-14-5-3-4-12(18(14)21)10-17(25)24-9-8-13(11-24)19-22-15-6-1-2-7-16(15)23-19/h1-7,13H,8-11H2,(H,22,23). The van der Waals surface area contributed by atoms with Crippen LogP contribution < -0.4 is 0 Å². The molecule has 3 aromatic rings. The van der Waals surface area contributed by atoms with Gasteiger partial charge in [-0.2, -0.15) is 0 Å². The molecule has 1 fully saturated rings. The molecule has 1 unspecified atom stereocenters. The van der Waals surface area contributed by atoms with Crippen LogP contribution in [0.5, 0.6) is 0 Å². The van der Waals surface area contributed by atoms with Crippen LogP contribution in [0.1, 0.15) is 23.7 Å². The van der Waals surface area contributed by atoms with Crippen molar-refractivity contribution in [1.82, 2.24) is 14.9 Å². The number of para-hydroxylation sites is 2. The van der Waals surface area contributed by atoms with Gasteiger partial charge in [0.1, 0.15) is 11.6 Å². The third-order valence-electron chi connectivity index (χ3n) is 4.71. The van der Waals surface area contributed by atoms with Crippen molar-refractivity contribution in [2.75, 3.05) is 13.1 Å². The van der Waals surface area contributed by atoms with Crippen molar-refractivity contribution >= 4 is 32.9 Å². The molecular formula is C19H17BrFN3O. The summed E-state index contributed by atoms with van der Waals surface area (Å²) in [7, 11) is 0. The molecule has 1 aliphatic heterocycles. The predicted octanol–water partition coefficient (Wildman–Crippen LogP) is 4.02.